The number of rotatable bonds is 5. The minimum Gasteiger partial charge on any atom is -0.493 e. The van der Waals surface area contributed by atoms with Gasteiger partial charge in [0.1, 0.15) is 9.39 Å². The molecule has 112 valence electrons. The van der Waals surface area contributed by atoms with Crippen LogP contribution in [0.2, 0.25) is 0 Å². The molecule has 21 heavy (non-hydrogen) atoms. The molecule has 0 aliphatic heterocycles. The number of halogens is 1. The van der Waals surface area contributed by atoms with Gasteiger partial charge < -0.3 is 19.2 Å². The van der Waals surface area contributed by atoms with Gasteiger partial charge in [-0.3, -0.25) is 4.79 Å². The zero-order chi connectivity index (χ0) is 15.4. The molecule has 0 bridgehead atoms. The quantitative estimate of drug-likeness (QED) is 0.777. The predicted octanol–water partition coefficient (Wildman–Crippen LogP) is 2.21. The minimum atomic E-state index is -0.211. The Kier molecular flexibility index (Phi) is 5.18. The molecule has 0 amide bonds. The Balaban J connectivity index is 2.64. The predicted molar refractivity (Wildman–Crippen MR) is 86.8 cm³/mol. The van der Waals surface area contributed by atoms with Gasteiger partial charge in [-0.2, -0.15) is 0 Å². The monoisotopic (exact) mass is 402 g/mol. The normalized spacial score (nSPS) is 10.5. The fraction of sp³-hybridized carbons (Fsp3) is 0.286. The highest BCUT2D eigenvalue weighted by Crippen LogP contribution is 2.36. The van der Waals surface area contributed by atoms with Gasteiger partial charge in [0.05, 0.1) is 32.1 Å². The van der Waals surface area contributed by atoms with Crippen LogP contribution in [0.3, 0.4) is 0 Å². The van der Waals surface area contributed by atoms with Crippen molar-refractivity contribution in [2.24, 2.45) is 0 Å². The number of ether oxygens (including phenoxy) is 3. The van der Waals surface area contributed by atoms with Gasteiger partial charge in [0.25, 0.3) is 5.56 Å². The van der Waals surface area contributed by atoms with Crippen molar-refractivity contribution in [2.75, 3.05) is 21.3 Å². The fourth-order valence-electron chi connectivity index (χ4n) is 1.94. The molecule has 2 rings (SSSR count). The molecular weight excluding hydrogens is 387 g/mol. The lowest BCUT2D eigenvalue weighted by atomic mass is 10.1. The van der Waals surface area contributed by atoms with Crippen LogP contribution in [-0.4, -0.2) is 31.3 Å². The van der Waals surface area contributed by atoms with Crippen LogP contribution >= 0.6 is 22.6 Å². The maximum Gasteiger partial charge on any atom is 0.264 e. The lowest BCUT2D eigenvalue weighted by Gasteiger charge is -2.13. The van der Waals surface area contributed by atoms with E-state index in [1.807, 2.05) is 34.7 Å². The topological polar surface area (TPSA) is 73.4 Å². The van der Waals surface area contributed by atoms with Crippen LogP contribution in [0, 0.1) is 3.57 Å². The Bertz CT molecular complexity index is 700. The van der Waals surface area contributed by atoms with Gasteiger partial charge in [0.2, 0.25) is 0 Å². The van der Waals surface area contributed by atoms with E-state index in [2.05, 4.69) is 9.97 Å². The Labute approximate surface area is 135 Å². The van der Waals surface area contributed by atoms with E-state index in [-0.39, 0.29) is 12.2 Å². The van der Waals surface area contributed by atoms with Gasteiger partial charge in [-0.25, -0.2) is 4.98 Å². The Hall–Kier alpha value is -1.61. The molecule has 1 N–H and O–H groups in total. The van der Waals surface area contributed by atoms with Crippen LogP contribution in [-0.2, 0) is 11.3 Å². The van der Waals surface area contributed by atoms with E-state index >= 15 is 0 Å². The standard InChI is InChI=1S/C14H15IN2O4/c1-19-7-9-11(15)14(18)17-13(16-9)8-5-4-6-10(20-2)12(8)21-3/h4-6H,7H2,1-3H3,(H,16,17,18). The van der Waals surface area contributed by atoms with E-state index in [9.17, 15) is 4.79 Å². The van der Waals surface area contributed by atoms with Crippen LogP contribution in [0.25, 0.3) is 11.4 Å². The second-order valence-electron chi connectivity index (χ2n) is 4.15. The van der Waals surface area contributed by atoms with Gasteiger partial charge in [0.15, 0.2) is 11.5 Å². The van der Waals surface area contributed by atoms with E-state index < -0.39 is 0 Å². The molecular formula is C14H15IN2O4. The van der Waals surface area contributed by atoms with Gasteiger partial charge in [0, 0.05) is 7.11 Å². The number of aromatic amines is 1. The number of methoxy groups -OCH3 is 3. The maximum absolute atomic E-state index is 12.0. The molecule has 1 heterocycles. The largest absolute Gasteiger partial charge is 0.493 e. The number of benzene rings is 1. The first kappa shape index (κ1) is 15.8. The third-order valence-corrected chi connectivity index (χ3v) is 3.98. The summed E-state index contributed by atoms with van der Waals surface area (Å²) in [5, 5.41) is 0. The lowest BCUT2D eigenvalue weighted by Crippen LogP contribution is -2.17. The Morgan fingerprint density at radius 2 is 2.00 bits per heavy atom. The molecule has 0 saturated carbocycles. The summed E-state index contributed by atoms with van der Waals surface area (Å²) in [6, 6.07) is 5.40. The van der Waals surface area contributed by atoms with Gasteiger partial charge in [-0.05, 0) is 34.7 Å². The number of nitrogens with one attached hydrogen (secondary N) is 1. The van der Waals surface area contributed by atoms with Crippen LogP contribution < -0.4 is 15.0 Å². The van der Waals surface area contributed by atoms with E-state index in [0.717, 1.165) is 0 Å². The minimum absolute atomic E-state index is 0.211. The molecule has 0 aliphatic rings. The van der Waals surface area contributed by atoms with Crippen molar-refractivity contribution in [2.45, 2.75) is 6.61 Å². The molecule has 2 aromatic rings. The molecule has 0 fully saturated rings. The first-order valence-electron chi connectivity index (χ1n) is 6.11. The van der Waals surface area contributed by atoms with E-state index in [1.54, 1.807) is 27.4 Å². The molecule has 0 unspecified atom stereocenters. The fourth-order valence-corrected chi connectivity index (χ4v) is 2.35. The average molecular weight is 402 g/mol. The van der Waals surface area contributed by atoms with Crippen molar-refractivity contribution in [3.63, 3.8) is 0 Å². The smallest absolute Gasteiger partial charge is 0.264 e. The second-order valence-corrected chi connectivity index (χ2v) is 5.23. The molecule has 6 nitrogen and oxygen atoms in total. The molecule has 1 aromatic heterocycles. The number of aromatic nitrogens is 2. The van der Waals surface area contributed by atoms with Crippen molar-refractivity contribution >= 4 is 22.6 Å². The third kappa shape index (κ3) is 3.18. The summed E-state index contributed by atoms with van der Waals surface area (Å²) in [6.45, 7) is 0.265. The van der Waals surface area contributed by atoms with Crippen LogP contribution in [0.1, 0.15) is 5.69 Å². The van der Waals surface area contributed by atoms with Crippen LogP contribution in [0.5, 0.6) is 11.5 Å². The van der Waals surface area contributed by atoms with Gasteiger partial charge in [-0.15, -0.1) is 0 Å². The summed E-state index contributed by atoms with van der Waals surface area (Å²) in [5.41, 5.74) is 1.03. The van der Waals surface area contributed by atoms with E-state index in [4.69, 9.17) is 14.2 Å². The van der Waals surface area contributed by atoms with E-state index in [0.29, 0.717) is 32.2 Å². The lowest BCUT2D eigenvalue weighted by molar-refractivity contribution is 0.180. The summed E-state index contributed by atoms with van der Waals surface area (Å²) in [6.07, 6.45) is 0. The van der Waals surface area contributed by atoms with Crippen LogP contribution in [0.4, 0.5) is 0 Å². The summed E-state index contributed by atoms with van der Waals surface area (Å²) in [5.74, 6) is 1.51. The number of hydrogen-bond donors (Lipinski definition) is 1. The Morgan fingerprint density at radius 3 is 2.62 bits per heavy atom. The zero-order valence-electron chi connectivity index (χ0n) is 11.9. The maximum atomic E-state index is 12.0. The molecule has 0 atom stereocenters. The molecule has 0 aliphatic carbocycles. The number of para-hydroxylation sites is 1. The molecule has 0 radical (unpaired) electrons. The van der Waals surface area contributed by atoms with Crippen molar-refractivity contribution in [3.8, 4) is 22.9 Å². The molecule has 7 heteroatoms. The second kappa shape index (κ2) is 6.90. The highest BCUT2D eigenvalue weighted by molar-refractivity contribution is 14.1. The van der Waals surface area contributed by atoms with Crippen LogP contribution in [0.15, 0.2) is 23.0 Å². The van der Waals surface area contributed by atoms with Crippen molar-refractivity contribution in [1.29, 1.82) is 0 Å². The Morgan fingerprint density at radius 1 is 1.24 bits per heavy atom. The highest BCUT2D eigenvalue weighted by atomic mass is 127. The highest BCUT2D eigenvalue weighted by Gasteiger charge is 2.16. The van der Waals surface area contributed by atoms with Gasteiger partial charge in [-0.1, -0.05) is 6.07 Å². The number of hydrogen-bond acceptors (Lipinski definition) is 5. The van der Waals surface area contributed by atoms with Crippen molar-refractivity contribution in [1.82, 2.24) is 9.97 Å². The zero-order valence-corrected chi connectivity index (χ0v) is 14.1. The third-order valence-electron chi connectivity index (χ3n) is 2.87. The first-order chi connectivity index (χ1) is 10.1. The first-order valence-corrected chi connectivity index (χ1v) is 7.19. The summed E-state index contributed by atoms with van der Waals surface area (Å²) in [4.78, 5) is 19.2. The number of nitrogens with zero attached hydrogens (tertiary/aromatic N) is 1. The summed E-state index contributed by atoms with van der Waals surface area (Å²) >= 11 is 1.95. The van der Waals surface area contributed by atoms with E-state index in [1.165, 1.54) is 0 Å². The van der Waals surface area contributed by atoms with Gasteiger partial charge >= 0.3 is 0 Å². The molecule has 0 saturated heterocycles. The molecule has 1 aromatic carbocycles. The summed E-state index contributed by atoms with van der Waals surface area (Å²) < 4.78 is 16.2. The SMILES string of the molecule is COCc1nc(-c2cccc(OC)c2OC)[nH]c(=O)c1I. The average Bonchev–Trinajstić information content (AvgIpc) is 2.50. The summed E-state index contributed by atoms with van der Waals surface area (Å²) in [7, 11) is 4.66. The molecule has 0 spiro atoms. The van der Waals surface area contributed by atoms with Crippen molar-refractivity contribution in [3.05, 3.63) is 37.8 Å². The number of H-pyrrole nitrogens is 1. The van der Waals surface area contributed by atoms with Crippen molar-refractivity contribution < 1.29 is 14.2 Å².